The fourth-order valence-corrected chi connectivity index (χ4v) is 1.87. The molecule has 0 fully saturated rings. The molecule has 0 atom stereocenters. The quantitative estimate of drug-likeness (QED) is 0.861. The van der Waals surface area contributed by atoms with Crippen molar-refractivity contribution < 1.29 is 4.79 Å². The molecule has 1 amide bonds. The highest BCUT2D eigenvalue weighted by atomic mass is 35.5. The fraction of sp³-hybridized carbons (Fsp3) is 0. The van der Waals surface area contributed by atoms with Gasteiger partial charge in [-0.1, -0.05) is 34.8 Å². The van der Waals surface area contributed by atoms with Crippen molar-refractivity contribution in [3.63, 3.8) is 0 Å². The number of aromatic nitrogens is 2. The number of hydrogen-bond donors (Lipinski definition) is 1. The van der Waals surface area contributed by atoms with Gasteiger partial charge in [0.05, 0.1) is 10.6 Å². The first-order chi connectivity index (χ1) is 8.56. The average molecular weight is 303 g/mol. The number of rotatable bonds is 2. The third kappa shape index (κ3) is 3.10. The highest BCUT2D eigenvalue weighted by Gasteiger charge is 2.12. The predicted molar refractivity (Wildman–Crippen MR) is 71.5 cm³/mol. The second-order valence-electron chi connectivity index (χ2n) is 3.28. The summed E-state index contributed by atoms with van der Waals surface area (Å²) in [6.07, 6.45) is 1.44. The molecular weight excluding hydrogens is 296 g/mol. The molecule has 1 N–H and O–H groups in total. The Bertz CT molecular complexity index is 604. The average Bonchev–Trinajstić information content (AvgIpc) is 2.28. The molecule has 0 aliphatic carbocycles. The van der Waals surface area contributed by atoms with Gasteiger partial charge in [0.2, 0.25) is 5.95 Å². The standard InChI is InChI=1S/C11H6Cl3N3O/c12-6-1-2-7(8(13)5-6)10(18)17-11-15-4-3-9(14)16-11/h1-5H,(H,15,16,17,18). The number of nitrogens with zero attached hydrogens (tertiary/aromatic N) is 2. The van der Waals surface area contributed by atoms with E-state index in [1.807, 2.05) is 0 Å². The minimum Gasteiger partial charge on any atom is -0.290 e. The van der Waals surface area contributed by atoms with Crippen LogP contribution in [0.1, 0.15) is 10.4 Å². The lowest BCUT2D eigenvalue weighted by Gasteiger charge is -2.05. The van der Waals surface area contributed by atoms with Gasteiger partial charge in [-0.3, -0.25) is 10.1 Å². The van der Waals surface area contributed by atoms with Crippen LogP contribution in [0.3, 0.4) is 0 Å². The summed E-state index contributed by atoms with van der Waals surface area (Å²) >= 11 is 17.3. The number of nitrogens with one attached hydrogen (secondary N) is 1. The minimum atomic E-state index is -0.432. The van der Waals surface area contributed by atoms with Gasteiger partial charge in [0, 0.05) is 11.2 Å². The number of anilines is 1. The molecule has 1 aromatic heterocycles. The van der Waals surface area contributed by atoms with Crippen molar-refractivity contribution in [1.29, 1.82) is 0 Å². The first-order valence-corrected chi connectivity index (χ1v) is 5.94. The number of hydrogen-bond acceptors (Lipinski definition) is 3. The van der Waals surface area contributed by atoms with Crippen LogP contribution in [0, 0.1) is 0 Å². The van der Waals surface area contributed by atoms with Gasteiger partial charge in [0.25, 0.3) is 5.91 Å². The van der Waals surface area contributed by atoms with Crippen molar-refractivity contribution in [3.05, 3.63) is 51.2 Å². The van der Waals surface area contributed by atoms with Crippen molar-refractivity contribution in [3.8, 4) is 0 Å². The first kappa shape index (κ1) is 13.1. The molecule has 1 aromatic carbocycles. The van der Waals surface area contributed by atoms with Crippen molar-refractivity contribution in [2.24, 2.45) is 0 Å². The summed E-state index contributed by atoms with van der Waals surface area (Å²) in [6, 6.07) is 6.08. The molecule has 0 saturated carbocycles. The molecule has 0 unspecified atom stereocenters. The summed E-state index contributed by atoms with van der Waals surface area (Å²) in [5.41, 5.74) is 0.282. The Balaban J connectivity index is 2.22. The smallest absolute Gasteiger partial charge is 0.259 e. The Morgan fingerprint density at radius 3 is 2.61 bits per heavy atom. The maximum Gasteiger partial charge on any atom is 0.259 e. The van der Waals surface area contributed by atoms with Crippen LogP contribution in [-0.4, -0.2) is 15.9 Å². The van der Waals surface area contributed by atoms with Crippen LogP contribution in [0.2, 0.25) is 15.2 Å². The molecule has 7 heteroatoms. The van der Waals surface area contributed by atoms with Gasteiger partial charge < -0.3 is 0 Å². The largest absolute Gasteiger partial charge is 0.290 e. The van der Waals surface area contributed by atoms with E-state index in [1.165, 1.54) is 24.4 Å². The van der Waals surface area contributed by atoms with Crippen LogP contribution < -0.4 is 5.32 Å². The first-order valence-electron chi connectivity index (χ1n) is 4.81. The molecule has 0 saturated heterocycles. The maximum absolute atomic E-state index is 11.9. The van der Waals surface area contributed by atoms with Crippen LogP contribution in [0.5, 0.6) is 0 Å². The van der Waals surface area contributed by atoms with E-state index in [0.29, 0.717) is 5.02 Å². The van der Waals surface area contributed by atoms with E-state index < -0.39 is 5.91 Å². The molecule has 0 bridgehead atoms. The molecule has 0 aliphatic heterocycles. The van der Waals surface area contributed by atoms with Crippen molar-refractivity contribution in [1.82, 2.24) is 9.97 Å². The van der Waals surface area contributed by atoms with E-state index in [0.717, 1.165) is 0 Å². The van der Waals surface area contributed by atoms with E-state index in [-0.39, 0.29) is 21.7 Å². The Morgan fingerprint density at radius 1 is 1.17 bits per heavy atom. The van der Waals surface area contributed by atoms with E-state index in [1.54, 1.807) is 6.07 Å². The normalized spacial score (nSPS) is 10.2. The van der Waals surface area contributed by atoms with Gasteiger partial charge in [0.15, 0.2) is 0 Å². The summed E-state index contributed by atoms with van der Waals surface area (Å²) in [5, 5.41) is 3.43. The van der Waals surface area contributed by atoms with Gasteiger partial charge in [-0.05, 0) is 24.3 Å². The zero-order valence-corrected chi connectivity index (χ0v) is 11.1. The lowest BCUT2D eigenvalue weighted by Crippen LogP contribution is -2.14. The summed E-state index contributed by atoms with van der Waals surface area (Å²) in [5.74, 6) is -0.322. The molecule has 92 valence electrons. The predicted octanol–water partition coefficient (Wildman–Crippen LogP) is 3.69. The van der Waals surface area contributed by atoms with Gasteiger partial charge in [-0.2, -0.15) is 0 Å². The van der Waals surface area contributed by atoms with Gasteiger partial charge in [0.1, 0.15) is 5.15 Å². The lowest BCUT2D eigenvalue weighted by atomic mass is 10.2. The van der Waals surface area contributed by atoms with Gasteiger partial charge >= 0.3 is 0 Å². The number of benzene rings is 1. The van der Waals surface area contributed by atoms with Crippen LogP contribution in [0.25, 0.3) is 0 Å². The number of amides is 1. The molecular formula is C11H6Cl3N3O. The Hall–Kier alpha value is -1.36. The van der Waals surface area contributed by atoms with E-state index in [4.69, 9.17) is 34.8 Å². The molecule has 2 rings (SSSR count). The fourth-order valence-electron chi connectivity index (χ4n) is 1.24. The number of carbonyl (C=O) groups is 1. The molecule has 18 heavy (non-hydrogen) atoms. The molecule has 4 nitrogen and oxygen atoms in total. The second-order valence-corrected chi connectivity index (χ2v) is 4.51. The monoisotopic (exact) mass is 301 g/mol. The van der Waals surface area contributed by atoms with Crippen LogP contribution >= 0.6 is 34.8 Å². The van der Waals surface area contributed by atoms with E-state index in [9.17, 15) is 4.79 Å². The van der Waals surface area contributed by atoms with Crippen LogP contribution in [0.4, 0.5) is 5.95 Å². The molecule has 1 heterocycles. The lowest BCUT2D eigenvalue weighted by molar-refractivity contribution is 0.102. The zero-order chi connectivity index (χ0) is 13.1. The maximum atomic E-state index is 11.9. The molecule has 0 aliphatic rings. The SMILES string of the molecule is O=C(Nc1nccc(Cl)n1)c1ccc(Cl)cc1Cl. The summed E-state index contributed by atoms with van der Waals surface area (Å²) < 4.78 is 0. The van der Waals surface area contributed by atoms with E-state index >= 15 is 0 Å². The van der Waals surface area contributed by atoms with Gasteiger partial charge in [-0.25, -0.2) is 9.97 Å². The zero-order valence-electron chi connectivity index (χ0n) is 8.82. The van der Waals surface area contributed by atoms with Gasteiger partial charge in [-0.15, -0.1) is 0 Å². The van der Waals surface area contributed by atoms with Crippen molar-refractivity contribution in [2.75, 3.05) is 5.32 Å². The minimum absolute atomic E-state index is 0.110. The summed E-state index contributed by atoms with van der Waals surface area (Å²) in [6.45, 7) is 0. The third-order valence-corrected chi connectivity index (χ3v) is 2.78. The molecule has 2 aromatic rings. The molecule has 0 spiro atoms. The van der Waals surface area contributed by atoms with E-state index in [2.05, 4.69) is 15.3 Å². The summed E-state index contributed by atoms with van der Waals surface area (Å²) in [4.78, 5) is 19.6. The topological polar surface area (TPSA) is 54.9 Å². The number of carbonyl (C=O) groups excluding carboxylic acids is 1. The van der Waals surface area contributed by atoms with Crippen LogP contribution in [-0.2, 0) is 0 Å². The van der Waals surface area contributed by atoms with Crippen molar-refractivity contribution in [2.45, 2.75) is 0 Å². The van der Waals surface area contributed by atoms with Crippen molar-refractivity contribution >= 4 is 46.7 Å². The summed E-state index contributed by atoms with van der Waals surface area (Å²) in [7, 11) is 0. The highest BCUT2D eigenvalue weighted by Crippen LogP contribution is 2.21. The Kier molecular flexibility index (Phi) is 4.01. The molecule has 0 radical (unpaired) electrons. The third-order valence-electron chi connectivity index (χ3n) is 2.02. The highest BCUT2D eigenvalue weighted by molar-refractivity contribution is 6.37. The Labute approximate surface area is 118 Å². The second kappa shape index (κ2) is 5.52. The Morgan fingerprint density at radius 2 is 1.94 bits per heavy atom. The number of halogens is 3. The van der Waals surface area contributed by atoms with Crippen LogP contribution in [0.15, 0.2) is 30.5 Å².